The van der Waals surface area contributed by atoms with E-state index in [-0.39, 0.29) is 5.41 Å². The number of hydrogen-bond acceptors (Lipinski definition) is 3. The molecule has 0 unspecified atom stereocenters. The molecule has 1 spiro atoms. The van der Waals surface area contributed by atoms with E-state index < -0.39 is 0 Å². The molecule has 0 radical (unpaired) electrons. The van der Waals surface area contributed by atoms with Crippen LogP contribution in [0.25, 0.3) is 6.08 Å². The minimum absolute atomic E-state index is 0.179. The zero-order valence-corrected chi connectivity index (χ0v) is 17.0. The summed E-state index contributed by atoms with van der Waals surface area (Å²) in [5.41, 5.74) is 3.80. The molecule has 0 N–H and O–H groups in total. The fraction of sp³-hybridized carbons (Fsp3) is 0.478. The molecule has 2 fully saturated rings. The van der Waals surface area contributed by atoms with E-state index >= 15 is 0 Å². The molecular weight excluding hydrogens is 348 g/mol. The quantitative estimate of drug-likeness (QED) is 0.802. The van der Waals surface area contributed by atoms with Gasteiger partial charge in [0.05, 0.1) is 5.69 Å². The first-order valence-electron chi connectivity index (χ1n) is 10.2. The third-order valence-electron chi connectivity index (χ3n) is 6.27. The summed E-state index contributed by atoms with van der Waals surface area (Å²) in [6, 6.07) is 10.3. The fourth-order valence-corrected chi connectivity index (χ4v) is 4.59. The standard InChI is InChI=1S/C23H30N4O/c1-19-21(16-25(2)24-19)17-26-13-10-23(11-14-26)15-22(28)27(18-23)12-6-9-20-7-4-3-5-8-20/h3-9,16H,10-15,17-18H2,1-2H3. The zero-order valence-electron chi connectivity index (χ0n) is 17.0. The van der Waals surface area contributed by atoms with Crippen LogP contribution in [0.5, 0.6) is 0 Å². The second kappa shape index (κ2) is 7.92. The Morgan fingerprint density at radius 3 is 2.61 bits per heavy atom. The summed E-state index contributed by atoms with van der Waals surface area (Å²) in [6.07, 6.45) is 9.28. The number of nitrogens with zero attached hydrogens (tertiary/aromatic N) is 4. The Labute approximate surface area is 167 Å². The van der Waals surface area contributed by atoms with Crippen LogP contribution in [0, 0.1) is 12.3 Å². The van der Waals surface area contributed by atoms with Crippen LogP contribution in [0.2, 0.25) is 0 Å². The van der Waals surface area contributed by atoms with Gasteiger partial charge < -0.3 is 4.90 Å². The Morgan fingerprint density at radius 1 is 1.18 bits per heavy atom. The maximum Gasteiger partial charge on any atom is 0.223 e. The molecule has 2 saturated heterocycles. The summed E-state index contributed by atoms with van der Waals surface area (Å²) in [6.45, 7) is 6.80. The molecule has 2 aliphatic heterocycles. The van der Waals surface area contributed by atoms with Gasteiger partial charge in [-0.25, -0.2) is 0 Å². The Kier molecular flexibility index (Phi) is 5.36. The van der Waals surface area contributed by atoms with E-state index in [1.54, 1.807) is 0 Å². The maximum absolute atomic E-state index is 12.6. The van der Waals surface area contributed by atoms with Crippen LogP contribution in [0.1, 0.15) is 36.1 Å². The summed E-state index contributed by atoms with van der Waals surface area (Å²) in [5, 5.41) is 4.45. The molecule has 2 aromatic rings. The van der Waals surface area contributed by atoms with Crippen LogP contribution in [-0.4, -0.2) is 51.7 Å². The number of carbonyl (C=O) groups is 1. The monoisotopic (exact) mass is 378 g/mol. The summed E-state index contributed by atoms with van der Waals surface area (Å²) in [4.78, 5) is 17.1. The molecule has 1 aromatic heterocycles. The first-order chi connectivity index (χ1) is 13.5. The SMILES string of the molecule is Cc1nn(C)cc1CN1CCC2(CC1)CC(=O)N(CC=Cc1ccccc1)C2. The normalized spacial score (nSPS) is 19.9. The van der Waals surface area contributed by atoms with Gasteiger partial charge >= 0.3 is 0 Å². The van der Waals surface area contributed by atoms with Crippen molar-refractivity contribution in [2.45, 2.75) is 32.7 Å². The van der Waals surface area contributed by atoms with Crippen molar-refractivity contribution in [3.05, 3.63) is 59.4 Å². The van der Waals surface area contributed by atoms with Crippen LogP contribution < -0.4 is 0 Å². The van der Waals surface area contributed by atoms with E-state index in [1.165, 1.54) is 11.1 Å². The third-order valence-corrected chi connectivity index (χ3v) is 6.27. The van der Waals surface area contributed by atoms with Gasteiger partial charge in [-0.3, -0.25) is 14.4 Å². The number of piperidine rings is 1. The number of aryl methyl sites for hydroxylation is 2. The minimum Gasteiger partial charge on any atom is -0.338 e. The number of rotatable bonds is 5. The van der Waals surface area contributed by atoms with Gasteiger partial charge in [-0.1, -0.05) is 42.5 Å². The lowest BCUT2D eigenvalue weighted by molar-refractivity contribution is -0.127. The first-order valence-corrected chi connectivity index (χ1v) is 10.2. The highest BCUT2D eigenvalue weighted by molar-refractivity contribution is 5.79. The van der Waals surface area contributed by atoms with Gasteiger partial charge in [0.15, 0.2) is 0 Å². The molecule has 0 saturated carbocycles. The van der Waals surface area contributed by atoms with Crippen molar-refractivity contribution in [2.75, 3.05) is 26.2 Å². The summed E-state index contributed by atoms with van der Waals surface area (Å²) in [7, 11) is 1.98. The smallest absolute Gasteiger partial charge is 0.223 e. The van der Waals surface area contributed by atoms with Crippen molar-refractivity contribution >= 4 is 12.0 Å². The van der Waals surface area contributed by atoms with Crippen LogP contribution in [0.4, 0.5) is 0 Å². The summed E-state index contributed by atoms with van der Waals surface area (Å²) in [5.74, 6) is 0.314. The summed E-state index contributed by atoms with van der Waals surface area (Å²) < 4.78 is 1.90. The number of amides is 1. The molecular formula is C23H30N4O. The molecule has 28 heavy (non-hydrogen) atoms. The molecule has 148 valence electrons. The van der Waals surface area contributed by atoms with Gasteiger partial charge in [0, 0.05) is 44.9 Å². The zero-order chi connectivity index (χ0) is 19.6. The molecule has 5 heteroatoms. The van der Waals surface area contributed by atoms with E-state index in [9.17, 15) is 4.79 Å². The van der Waals surface area contributed by atoms with E-state index in [1.807, 2.05) is 34.8 Å². The van der Waals surface area contributed by atoms with Crippen molar-refractivity contribution in [3.8, 4) is 0 Å². The van der Waals surface area contributed by atoms with Crippen molar-refractivity contribution in [3.63, 3.8) is 0 Å². The lowest BCUT2D eigenvalue weighted by Crippen LogP contribution is -2.41. The van der Waals surface area contributed by atoms with Crippen LogP contribution >= 0.6 is 0 Å². The van der Waals surface area contributed by atoms with E-state index in [0.29, 0.717) is 18.9 Å². The highest BCUT2D eigenvalue weighted by Crippen LogP contribution is 2.41. The van der Waals surface area contributed by atoms with Gasteiger partial charge in [-0.2, -0.15) is 5.10 Å². The van der Waals surface area contributed by atoms with Crippen LogP contribution in [0.3, 0.4) is 0 Å². The third kappa shape index (κ3) is 4.20. The number of benzene rings is 1. The average molecular weight is 379 g/mol. The first kappa shape index (κ1) is 18.9. The van der Waals surface area contributed by atoms with Gasteiger partial charge in [0.1, 0.15) is 0 Å². The largest absolute Gasteiger partial charge is 0.338 e. The predicted octanol–water partition coefficient (Wildman–Crippen LogP) is 3.26. The molecule has 0 bridgehead atoms. The van der Waals surface area contributed by atoms with Gasteiger partial charge in [-0.05, 0) is 43.8 Å². The highest BCUT2D eigenvalue weighted by Gasteiger charge is 2.44. The molecule has 0 aliphatic carbocycles. The van der Waals surface area contributed by atoms with Gasteiger partial charge in [-0.15, -0.1) is 0 Å². The van der Waals surface area contributed by atoms with Crippen LogP contribution in [0.15, 0.2) is 42.6 Å². The lowest BCUT2D eigenvalue weighted by atomic mass is 9.77. The van der Waals surface area contributed by atoms with Crippen molar-refractivity contribution < 1.29 is 4.79 Å². The molecule has 1 aromatic carbocycles. The van der Waals surface area contributed by atoms with Gasteiger partial charge in [0.2, 0.25) is 5.91 Å². The van der Waals surface area contributed by atoms with E-state index in [2.05, 4.69) is 47.4 Å². The van der Waals surface area contributed by atoms with Crippen molar-refractivity contribution in [2.24, 2.45) is 12.5 Å². The van der Waals surface area contributed by atoms with E-state index in [0.717, 1.165) is 44.7 Å². The molecule has 1 amide bonds. The maximum atomic E-state index is 12.6. The second-order valence-electron chi connectivity index (χ2n) is 8.45. The molecule has 0 atom stereocenters. The number of hydrogen-bond donors (Lipinski definition) is 0. The van der Waals surface area contributed by atoms with Crippen molar-refractivity contribution in [1.29, 1.82) is 0 Å². The highest BCUT2D eigenvalue weighted by atomic mass is 16.2. The second-order valence-corrected chi connectivity index (χ2v) is 8.45. The molecule has 3 heterocycles. The van der Waals surface area contributed by atoms with E-state index in [4.69, 9.17) is 0 Å². The number of likely N-dealkylation sites (tertiary alicyclic amines) is 2. The fourth-order valence-electron chi connectivity index (χ4n) is 4.59. The van der Waals surface area contributed by atoms with Crippen molar-refractivity contribution in [1.82, 2.24) is 19.6 Å². The Bertz CT molecular complexity index is 847. The number of carbonyl (C=O) groups excluding carboxylic acids is 1. The molecule has 4 rings (SSSR count). The van der Waals surface area contributed by atoms with Gasteiger partial charge in [0.25, 0.3) is 0 Å². The predicted molar refractivity (Wildman–Crippen MR) is 112 cm³/mol. The lowest BCUT2D eigenvalue weighted by Gasteiger charge is -2.38. The Balaban J connectivity index is 1.30. The minimum atomic E-state index is 0.179. The molecule has 5 nitrogen and oxygen atoms in total. The summed E-state index contributed by atoms with van der Waals surface area (Å²) >= 11 is 0. The topological polar surface area (TPSA) is 41.4 Å². The Hall–Kier alpha value is -2.40. The average Bonchev–Trinajstić information content (AvgIpc) is 3.16. The Morgan fingerprint density at radius 2 is 1.93 bits per heavy atom. The van der Waals surface area contributed by atoms with Crippen LogP contribution in [-0.2, 0) is 18.4 Å². The molecule has 2 aliphatic rings. The number of aromatic nitrogens is 2.